The van der Waals surface area contributed by atoms with Gasteiger partial charge in [-0.1, -0.05) is 25.2 Å². The second-order valence-electron chi connectivity index (χ2n) is 10.0. The highest BCUT2D eigenvalue weighted by molar-refractivity contribution is 7.02. The molecule has 0 spiro atoms. The number of ketones is 1. The Bertz CT molecular complexity index is 1180. The van der Waals surface area contributed by atoms with Gasteiger partial charge in [0.25, 0.3) is 6.47 Å². The Balaban J connectivity index is 1.65. The number of carbonyl (C=O) groups excluding carboxylic acids is 2. The fourth-order valence-corrected chi connectivity index (χ4v) is 8.79. The van der Waals surface area contributed by atoms with Crippen LogP contribution in [0.15, 0.2) is 24.3 Å². The van der Waals surface area contributed by atoms with E-state index < -0.39 is 8.07 Å². The van der Waals surface area contributed by atoms with Gasteiger partial charge in [-0.25, -0.2) is 0 Å². The van der Waals surface area contributed by atoms with Crippen LogP contribution < -0.4 is 20.2 Å². The second-order valence-corrected chi connectivity index (χ2v) is 14.4. The van der Waals surface area contributed by atoms with Gasteiger partial charge in [-0.05, 0) is 70.9 Å². The van der Waals surface area contributed by atoms with Crippen LogP contribution in [0.1, 0.15) is 45.5 Å². The first kappa shape index (κ1) is 22.0. The molecule has 0 radical (unpaired) electrons. The van der Waals surface area contributed by atoms with E-state index in [2.05, 4.69) is 67.3 Å². The number of allylic oxidation sites excluding steroid dienone is 1. The molecule has 2 aromatic rings. The minimum Gasteiger partial charge on any atom is -0.468 e. The van der Waals surface area contributed by atoms with Crippen molar-refractivity contribution in [1.29, 1.82) is 0 Å². The molecule has 0 unspecified atom stereocenters. The SMILES string of the molecule is CN1CCc2cc3c(cc21)[Si](C)(C)c1cc2c(c(/C=C/CCCOC=O)c1C3=O)CCN2C. The van der Waals surface area contributed by atoms with E-state index in [1.807, 2.05) is 0 Å². The van der Waals surface area contributed by atoms with Crippen LogP contribution in [0.5, 0.6) is 0 Å². The summed E-state index contributed by atoms with van der Waals surface area (Å²) in [6.07, 6.45) is 7.86. The van der Waals surface area contributed by atoms with Crippen molar-refractivity contribution in [2.24, 2.45) is 0 Å². The maximum absolute atomic E-state index is 14.1. The zero-order chi connectivity index (χ0) is 23.3. The number of nitrogens with zero attached hydrogens (tertiary/aromatic N) is 2. The van der Waals surface area contributed by atoms with Crippen LogP contribution >= 0.6 is 0 Å². The van der Waals surface area contributed by atoms with Crippen molar-refractivity contribution in [1.82, 2.24) is 0 Å². The molecule has 6 heteroatoms. The molecule has 5 rings (SSSR count). The topological polar surface area (TPSA) is 49.9 Å². The Morgan fingerprint density at radius 1 is 1.03 bits per heavy atom. The summed E-state index contributed by atoms with van der Waals surface area (Å²) in [5.74, 6) is 0.186. The number of benzene rings is 2. The third kappa shape index (κ3) is 3.43. The van der Waals surface area contributed by atoms with Crippen LogP contribution in [0, 0.1) is 0 Å². The maximum atomic E-state index is 14.1. The molecule has 3 aliphatic rings. The van der Waals surface area contributed by atoms with Gasteiger partial charge in [0.15, 0.2) is 5.78 Å². The molecule has 0 fully saturated rings. The molecule has 33 heavy (non-hydrogen) atoms. The Labute approximate surface area is 197 Å². The van der Waals surface area contributed by atoms with Gasteiger partial charge in [-0.3, -0.25) is 9.59 Å². The Hall–Kier alpha value is -2.86. The minimum atomic E-state index is -2.08. The van der Waals surface area contributed by atoms with Crippen LogP contribution in [0.25, 0.3) is 6.08 Å². The smallest absolute Gasteiger partial charge is 0.293 e. The van der Waals surface area contributed by atoms with Crippen molar-refractivity contribution < 1.29 is 14.3 Å². The summed E-state index contributed by atoms with van der Waals surface area (Å²) in [7, 11) is 2.22. The molecule has 5 nitrogen and oxygen atoms in total. The van der Waals surface area contributed by atoms with E-state index in [9.17, 15) is 9.59 Å². The first-order valence-corrected chi connectivity index (χ1v) is 14.9. The Kier molecular flexibility index (Phi) is 5.44. The standard InChI is InChI=1S/C27H32N2O3Si/c1-28-11-9-18-14-21-24(15-22(18)28)33(3,4)25-16-23-19(10-12-29(23)2)20(26(25)27(21)31)8-6-5-7-13-32-17-30/h6,8,14-17H,5,7,9-13H2,1-4H3/b8-6+. The van der Waals surface area contributed by atoms with Crippen LogP contribution in [0.4, 0.5) is 11.4 Å². The van der Waals surface area contributed by atoms with Crippen molar-refractivity contribution >= 4 is 48.2 Å². The molecule has 0 bridgehead atoms. The van der Waals surface area contributed by atoms with Gasteiger partial charge in [-0.2, -0.15) is 0 Å². The summed E-state index contributed by atoms with van der Waals surface area (Å²) in [4.78, 5) is 29.1. The lowest BCUT2D eigenvalue weighted by Crippen LogP contribution is -2.60. The van der Waals surface area contributed by atoms with Crippen LogP contribution in [0.2, 0.25) is 13.1 Å². The molecule has 0 saturated heterocycles. The number of hydrogen-bond acceptors (Lipinski definition) is 5. The number of rotatable bonds is 6. The zero-order valence-corrected chi connectivity index (χ0v) is 21.0. The van der Waals surface area contributed by atoms with Gasteiger partial charge in [-0.15, -0.1) is 0 Å². The summed E-state index contributed by atoms with van der Waals surface area (Å²) >= 11 is 0. The minimum absolute atomic E-state index is 0.186. The van der Waals surface area contributed by atoms with Crippen molar-refractivity contribution in [3.63, 3.8) is 0 Å². The predicted octanol–water partition coefficient (Wildman–Crippen LogP) is 3.00. The number of likely N-dealkylation sites (N-methyl/N-ethyl adjacent to an activating group) is 2. The zero-order valence-electron chi connectivity index (χ0n) is 20.0. The number of ether oxygens (including phenoxy) is 1. The molecule has 172 valence electrons. The quantitative estimate of drug-likeness (QED) is 0.377. The van der Waals surface area contributed by atoms with E-state index >= 15 is 0 Å². The average Bonchev–Trinajstić information content (AvgIpc) is 3.35. The van der Waals surface area contributed by atoms with Crippen molar-refractivity contribution in [3.8, 4) is 0 Å². The molecular formula is C27H32N2O3Si. The highest BCUT2D eigenvalue weighted by Crippen LogP contribution is 2.37. The van der Waals surface area contributed by atoms with Crippen molar-refractivity contribution in [2.45, 2.75) is 38.8 Å². The van der Waals surface area contributed by atoms with E-state index in [-0.39, 0.29) is 5.78 Å². The first-order chi connectivity index (χ1) is 15.8. The molecule has 0 aliphatic carbocycles. The molecule has 2 aromatic carbocycles. The fraction of sp³-hybridized carbons (Fsp3) is 0.407. The van der Waals surface area contributed by atoms with E-state index in [1.54, 1.807) is 0 Å². The number of unbranched alkanes of at least 4 members (excludes halogenated alkanes) is 1. The Morgan fingerprint density at radius 3 is 2.55 bits per heavy atom. The van der Waals surface area contributed by atoms with Gasteiger partial charge in [0.05, 0.1) is 6.61 Å². The molecule has 3 aliphatic heterocycles. The van der Waals surface area contributed by atoms with E-state index in [4.69, 9.17) is 4.74 Å². The van der Waals surface area contributed by atoms with Gasteiger partial charge in [0, 0.05) is 49.7 Å². The van der Waals surface area contributed by atoms with Gasteiger partial charge < -0.3 is 14.5 Å². The highest BCUT2D eigenvalue weighted by Gasteiger charge is 2.42. The van der Waals surface area contributed by atoms with Crippen molar-refractivity contribution in [2.75, 3.05) is 43.6 Å². The molecule has 3 heterocycles. The molecular weight excluding hydrogens is 428 g/mol. The van der Waals surface area contributed by atoms with E-state index in [0.717, 1.165) is 55.5 Å². The van der Waals surface area contributed by atoms with Gasteiger partial charge in [0.1, 0.15) is 8.07 Å². The number of anilines is 2. The van der Waals surface area contributed by atoms with Crippen LogP contribution in [0.3, 0.4) is 0 Å². The van der Waals surface area contributed by atoms with Crippen LogP contribution in [-0.4, -0.2) is 54.1 Å². The summed E-state index contributed by atoms with van der Waals surface area (Å²) in [5.41, 5.74) is 8.12. The maximum Gasteiger partial charge on any atom is 0.293 e. The van der Waals surface area contributed by atoms with E-state index in [0.29, 0.717) is 13.1 Å². The Morgan fingerprint density at radius 2 is 1.76 bits per heavy atom. The molecule has 0 saturated carbocycles. The first-order valence-electron chi connectivity index (χ1n) is 11.9. The third-order valence-corrected chi connectivity index (χ3v) is 11.2. The highest BCUT2D eigenvalue weighted by atomic mass is 28.3. The number of carbonyl (C=O) groups is 2. The lowest BCUT2D eigenvalue weighted by molar-refractivity contribution is -0.128. The molecule has 0 N–H and O–H groups in total. The van der Waals surface area contributed by atoms with Crippen molar-refractivity contribution in [3.05, 3.63) is 52.1 Å². The predicted molar refractivity (Wildman–Crippen MR) is 137 cm³/mol. The van der Waals surface area contributed by atoms with Gasteiger partial charge in [0.2, 0.25) is 0 Å². The molecule has 0 aromatic heterocycles. The number of fused-ring (bicyclic) bond motifs is 4. The number of hydrogen-bond donors (Lipinski definition) is 0. The average molecular weight is 461 g/mol. The molecule has 0 atom stereocenters. The lowest BCUT2D eigenvalue weighted by atomic mass is 9.91. The van der Waals surface area contributed by atoms with Gasteiger partial charge >= 0.3 is 0 Å². The lowest BCUT2D eigenvalue weighted by Gasteiger charge is -2.35. The molecule has 0 amide bonds. The summed E-state index contributed by atoms with van der Waals surface area (Å²) in [5, 5.41) is 2.53. The third-order valence-electron chi connectivity index (χ3n) is 7.71. The fourth-order valence-electron chi connectivity index (χ4n) is 5.77. The van der Waals surface area contributed by atoms with E-state index in [1.165, 1.54) is 32.9 Å². The summed E-state index contributed by atoms with van der Waals surface area (Å²) < 4.78 is 4.82. The normalized spacial score (nSPS) is 17.8. The largest absolute Gasteiger partial charge is 0.468 e. The van der Waals surface area contributed by atoms with Crippen LogP contribution in [-0.2, 0) is 22.4 Å². The monoisotopic (exact) mass is 460 g/mol. The second kappa shape index (κ2) is 8.17. The summed E-state index contributed by atoms with van der Waals surface area (Å²) in [6, 6.07) is 6.85. The summed E-state index contributed by atoms with van der Waals surface area (Å²) in [6.45, 7) is 7.70.